The molecule has 160 valence electrons. The molecule has 1 saturated heterocycles. The van der Waals surface area contributed by atoms with Gasteiger partial charge in [0.2, 0.25) is 0 Å². The molecule has 0 unspecified atom stereocenters. The first-order valence-corrected chi connectivity index (χ1v) is 10.9. The molecule has 3 aromatic rings. The maximum Gasteiger partial charge on any atom is 0.274 e. The summed E-state index contributed by atoms with van der Waals surface area (Å²) in [5.41, 5.74) is 2.34. The predicted molar refractivity (Wildman–Crippen MR) is 119 cm³/mol. The number of anilines is 2. The van der Waals surface area contributed by atoms with Crippen LogP contribution >= 0.6 is 0 Å². The molecule has 0 saturated carbocycles. The van der Waals surface area contributed by atoms with Crippen molar-refractivity contribution in [1.82, 2.24) is 24.6 Å². The fraction of sp³-hybridized carbons (Fsp3) is 0.391. The molecule has 5 rings (SSSR count). The number of rotatable bonds is 5. The standard InChI is InChI=1S/C23H27N7O/c1-28-12-14-29(15-13-28)20-5-2-4-19(25-20)23(31)24-18-9-7-17(8-10-18)16-22-27-26-21-6-3-11-30(21)22/h2,4-5,7-10H,3,6,11-16H2,1H3,(H,24,31). The lowest BCUT2D eigenvalue weighted by molar-refractivity contribution is 0.102. The lowest BCUT2D eigenvalue weighted by Crippen LogP contribution is -2.44. The van der Waals surface area contributed by atoms with Crippen molar-refractivity contribution in [3.8, 4) is 0 Å². The van der Waals surface area contributed by atoms with Gasteiger partial charge in [-0.1, -0.05) is 18.2 Å². The summed E-state index contributed by atoms with van der Waals surface area (Å²) < 4.78 is 2.22. The van der Waals surface area contributed by atoms with E-state index in [-0.39, 0.29) is 5.91 Å². The third-order valence-electron chi connectivity index (χ3n) is 6.05. The normalized spacial score (nSPS) is 16.4. The molecule has 8 nitrogen and oxygen atoms in total. The van der Waals surface area contributed by atoms with E-state index in [0.29, 0.717) is 5.69 Å². The van der Waals surface area contributed by atoms with E-state index in [2.05, 4.69) is 41.9 Å². The third-order valence-corrected chi connectivity index (χ3v) is 6.05. The van der Waals surface area contributed by atoms with Crippen LogP contribution in [0.4, 0.5) is 11.5 Å². The summed E-state index contributed by atoms with van der Waals surface area (Å²) in [5.74, 6) is 2.76. The number of nitrogens with zero attached hydrogens (tertiary/aromatic N) is 6. The van der Waals surface area contributed by atoms with Crippen molar-refractivity contribution in [3.05, 3.63) is 65.4 Å². The number of aromatic nitrogens is 4. The fourth-order valence-corrected chi connectivity index (χ4v) is 4.19. The highest BCUT2D eigenvalue weighted by Crippen LogP contribution is 2.19. The third kappa shape index (κ3) is 4.29. The Labute approximate surface area is 181 Å². The van der Waals surface area contributed by atoms with Crippen LogP contribution in [0.25, 0.3) is 0 Å². The fourth-order valence-electron chi connectivity index (χ4n) is 4.19. The molecule has 0 radical (unpaired) electrons. The van der Waals surface area contributed by atoms with Gasteiger partial charge >= 0.3 is 0 Å². The van der Waals surface area contributed by atoms with Crippen molar-refractivity contribution >= 4 is 17.4 Å². The SMILES string of the molecule is CN1CCN(c2cccc(C(=O)Nc3ccc(Cc4nnc5n4CCC5)cc3)n2)CC1. The molecule has 1 amide bonds. The first-order valence-electron chi connectivity index (χ1n) is 10.9. The summed E-state index contributed by atoms with van der Waals surface area (Å²) in [5, 5.41) is 11.6. The molecule has 2 aromatic heterocycles. The minimum Gasteiger partial charge on any atom is -0.354 e. The van der Waals surface area contributed by atoms with Gasteiger partial charge in [-0.25, -0.2) is 4.98 Å². The van der Waals surface area contributed by atoms with Crippen molar-refractivity contribution < 1.29 is 4.79 Å². The number of hydrogen-bond donors (Lipinski definition) is 1. The zero-order chi connectivity index (χ0) is 21.2. The van der Waals surface area contributed by atoms with Crippen molar-refractivity contribution in [3.63, 3.8) is 0 Å². The second-order valence-electron chi connectivity index (χ2n) is 8.29. The number of nitrogens with one attached hydrogen (secondary N) is 1. The van der Waals surface area contributed by atoms with Crippen molar-refractivity contribution in [1.29, 1.82) is 0 Å². The lowest BCUT2D eigenvalue weighted by atomic mass is 10.1. The van der Waals surface area contributed by atoms with Crippen molar-refractivity contribution in [2.75, 3.05) is 43.4 Å². The highest BCUT2D eigenvalue weighted by atomic mass is 16.1. The van der Waals surface area contributed by atoms with Gasteiger partial charge in [0.1, 0.15) is 23.2 Å². The zero-order valence-electron chi connectivity index (χ0n) is 17.8. The monoisotopic (exact) mass is 417 g/mol. The quantitative estimate of drug-likeness (QED) is 0.686. The molecule has 8 heteroatoms. The molecular formula is C23H27N7O. The first kappa shape index (κ1) is 19.7. The van der Waals surface area contributed by atoms with E-state index in [9.17, 15) is 4.79 Å². The average Bonchev–Trinajstić information content (AvgIpc) is 3.41. The Kier molecular flexibility index (Phi) is 5.38. The minimum absolute atomic E-state index is 0.195. The molecule has 2 aliphatic heterocycles. The summed E-state index contributed by atoms with van der Waals surface area (Å²) in [6, 6.07) is 13.5. The Balaban J connectivity index is 1.23. The Bertz CT molecular complexity index is 1070. The van der Waals surface area contributed by atoms with Crippen LogP contribution in [0.2, 0.25) is 0 Å². The van der Waals surface area contributed by atoms with Crippen molar-refractivity contribution in [2.45, 2.75) is 25.8 Å². The number of likely N-dealkylation sites (N-methyl/N-ethyl adjacent to an activating group) is 1. The summed E-state index contributed by atoms with van der Waals surface area (Å²) in [4.78, 5) is 21.9. The van der Waals surface area contributed by atoms with Crippen LogP contribution in [0.1, 0.15) is 34.1 Å². The van der Waals surface area contributed by atoms with Gasteiger partial charge < -0.3 is 19.7 Å². The van der Waals surface area contributed by atoms with Crippen LogP contribution in [0.15, 0.2) is 42.5 Å². The van der Waals surface area contributed by atoms with E-state index >= 15 is 0 Å². The average molecular weight is 418 g/mol. The molecule has 1 fully saturated rings. The van der Waals surface area contributed by atoms with E-state index in [1.807, 2.05) is 36.4 Å². The number of carbonyl (C=O) groups is 1. The number of amides is 1. The molecule has 0 bridgehead atoms. The summed E-state index contributed by atoms with van der Waals surface area (Å²) in [6.07, 6.45) is 2.91. The maximum atomic E-state index is 12.7. The summed E-state index contributed by atoms with van der Waals surface area (Å²) in [6.45, 7) is 4.85. The van der Waals surface area contributed by atoms with Crippen LogP contribution in [0, 0.1) is 0 Å². The molecule has 0 aliphatic carbocycles. The molecule has 2 aliphatic rings. The Hall–Kier alpha value is -3.26. The molecule has 4 heterocycles. The second kappa shape index (κ2) is 8.47. The van der Waals surface area contributed by atoms with Crippen LogP contribution in [-0.4, -0.2) is 63.8 Å². The van der Waals surface area contributed by atoms with Gasteiger partial charge in [-0.15, -0.1) is 10.2 Å². The Morgan fingerprint density at radius 1 is 1.00 bits per heavy atom. The van der Waals surface area contributed by atoms with E-state index in [4.69, 9.17) is 0 Å². The van der Waals surface area contributed by atoms with Gasteiger partial charge in [0, 0.05) is 51.3 Å². The molecule has 1 aromatic carbocycles. The largest absolute Gasteiger partial charge is 0.354 e. The lowest BCUT2D eigenvalue weighted by Gasteiger charge is -2.33. The van der Waals surface area contributed by atoms with Crippen LogP contribution in [0.3, 0.4) is 0 Å². The van der Waals surface area contributed by atoms with E-state index in [1.54, 1.807) is 6.07 Å². The number of aryl methyl sites for hydroxylation is 1. The summed E-state index contributed by atoms with van der Waals surface area (Å²) >= 11 is 0. The van der Waals surface area contributed by atoms with Gasteiger partial charge in [0.15, 0.2) is 0 Å². The highest BCUT2D eigenvalue weighted by molar-refractivity contribution is 6.03. The smallest absolute Gasteiger partial charge is 0.274 e. The van der Waals surface area contributed by atoms with Crippen molar-refractivity contribution in [2.24, 2.45) is 0 Å². The zero-order valence-corrected chi connectivity index (χ0v) is 17.8. The molecule has 0 spiro atoms. The van der Waals surface area contributed by atoms with Crippen LogP contribution in [-0.2, 0) is 19.4 Å². The molecule has 0 atom stereocenters. The molecule has 1 N–H and O–H groups in total. The number of piperazine rings is 1. The van der Waals surface area contributed by atoms with Gasteiger partial charge in [0.05, 0.1) is 0 Å². The number of pyridine rings is 1. The van der Waals surface area contributed by atoms with Gasteiger partial charge in [-0.3, -0.25) is 4.79 Å². The Morgan fingerprint density at radius 2 is 1.81 bits per heavy atom. The van der Waals surface area contributed by atoms with Crippen LogP contribution in [0.5, 0.6) is 0 Å². The van der Waals surface area contributed by atoms with Gasteiger partial charge in [-0.2, -0.15) is 0 Å². The topological polar surface area (TPSA) is 79.2 Å². The van der Waals surface area contributed by atoms with Gasteiger partial charge in [0.25, 0.3) is 5.91 Å². The number of hydrogen-bond acceptors (Lipinski definition) is 6. The maximum absolute atomic E-state index is 12.7. The number of benzene rings is 1. The number of fused-ring (bicyclic) bond motifs is 1. The Morgan fingerprint density at radius 3 is 2.61 bits per heavy atom. The minimum atomic E-state index is -0.195. The second-order valence-corrected chi connectivity index (χ2v) is 8.29. The van der Waals surface area contributed by atoms with E-state index in [0.717, 1.165) is 80.7 Å². The van der Waals surface area contributed by atoms with Gasteiger partial charge in [-0.05, 0) is 43.3 Å². The number of carbonyl (C=O) groups excluding carboxylic acids is 1. The predicted octanol–water partition coefficient (Wildman–Crippen LogP) is 2.21. The van der Waals surface area contributed by atoms with E-state index in [1.165, 1.54) is 0 Å². The molecular weight excluding hydrogens is 390 g/mol. The summed E-state index contributed by atoms with van der Waals surface area (Å²) in [7, 11) is 2.12. The van der Waals surface area contributed by atoms with E-state index < -0.39 is 0 Å². The highest BCUT2D eigenvalue weighted by Gasteiger charge is 2.18. The first-order chi connectivity index (χ1) is 15.2. The molecule has 31 heavy (non-hydrogen) atoms. The van der Waals surface area contributed by atoms with Crippen LogP contribution < -0.4 is 10.2 Å².